The highest BCUT2D eigenvalue weighted by atomic mass is 19.4. The van der Waals surface area contributed by atoms with Crippen molar-refractivity contribution < 1.29 is 31.4 Å². The van der Waals surface area contributed by atoms with Crippen molar-refractivity contribution in [3.63, 3.8) is 0 Å². The lowest BCUT2D eigenvalue weighted by atomic mass is 10.0. The number of hydrogen-bond acceptors (Lipinski definition) is 5. The van der Waals surface area contributed by atoms with Crippen LogP contribution in [-0.2, 0) is 21.6 Å². The van der Waals surface area contributed by atoms with Gasteiger partial charge in [0.2, 0.25) is 0 Å². The number of nitrogens with zero attached hydrogens (tertiary/aromatic N) is 2. The lowest BCUT2D eigenvalue weighted by molar-refractivity contribution is -0.140. The molecule has 36 heavy (non-hydrogen) atoms. The molecule has 0 radical (unpaired) electrons. The third-order valence-corrected chi connectivity index (χ3v) is 6.91. The van der Waals surface area contributed by atoms with Crippen molar-refractivity contribution in [3.05, 3.63) is 52.8 Å². The van der Waals surface area contributed by atoms with Gasteiger partial charge < -0.3 is 24.7 Å². The van der Waals surface area contributed by atoms with Crippen LogP contribution in [-0.4, -0.2) is 49.0 Å². The summed E-state index contributed by atoms with van der Waals surface area (Å²) in [6, 6.07) is 6.98. The van der Waals surface area contributed by atoms with Crippen LogP contribution in [0.2, 0.25) is 0 Å². The first-order chi connectivity index (χ1) is 17.0. The first-order valence-corrected chi connectivity index (χ1v) is 11.7. The van der Waals surface area contributed by atoms with E-state index >= 15 is 0 Å². The standard InChI is InChI=1S/C25H27F5N4O2/c1-13(15-5-4-6-16(7-15)24(26,27)12-35-3)31-23-19-9-20(34-10-18-8-17(34)11-36-18)22(25(28,29)30)33-21(19)14(2)32-23/h4-7,9,13,17-18,31-32H,8,10-12H2,1-3H3/t13-,17?,18?/m1/s1. The number of H-pyrrole nitrogens is 1. The van der Waals surface area contributed by atoms with Crippen LogP contribution >= 0.6 is 0 Å². The van der Waals surface area contributed by atoms with Crippen molar-refractivity contribution in [1.29, 1.82) is 0 Å². The predicted octanol–water partition coefficient (Wildman–Crippen LogP) is 5.78. The highest BCUT2D eigenvalue weighted by molar-refractivity contribution is 5.95. The van der Waals surface area contributed by atoms with Gasteiger partial charge in [-0.2, -0.15) is 22.0 Å². The van der Waals surface area contributed by atoms with E-state index in [4.69, 9.17) is 4.74 Å². The number of aryl methyl sites for hydroxylation is 1. The number of aromatic amines is 1. The Balaban J connectivity index is 1.51. The van der Waals surface area contributed by atoms with E-state index in [0.29, 0.717) is 42.0 Å². The summed E-state index contributed by atoms with van der Waals surface area (Å²) in [4.78, 5) is 8.88. The Hall–Kier alpha value is -2.92. The maximum Gasteiger partial charge on any atom is 0.435 e. The van der Waals surface area contributed by atoms with Crippen molar-refractivity contribution in [1.82, 2.24) is 9.97 Å². The fourth-order valence-corrected chi connectivity index (χ4v) is 5.13. The van der Waals surface area contributed by atoms with Crippen molar-refractivity contribution in [3.8, 4) is 0 Å². The van der Waals surface area contributed by atoms with Crippen LogP contribution in [0.3, 0.4) is 0 Å². The number of ether oxygens (including phenoxy) is 2. The Kier molecular flexibility index (Phi) is 6.11. The van der Waals surface area contributed by atoms with Crippen LogP contribution < -0.4 is 10.2 Å². The molecule has 5 rings (SSSR count). The smallest absolute Gasteiger partial charge is 0.378 e. The number of hydrogen-bond donors (Lipinski definition) is 2. The molecule has 3 atom stereocenters. The van der Waals surface area contributed by atoms with E-state index in [2.05, 4.69) is 20.0 Å². The molecule has 2 aromatic heterocycles. The minimum Gasteiger partial charge on any atom is -0.378 e. The van der Waals surface area contributed by atoms with E-state index in [9.17, 15) is 22.0 Å². The van der Waals surface area contributed by atoms with Gasteiger partial charge >= 0.3 is 6.18 Å². The van der Waals surface area contributed by atoms with Gasteiger partial charge in [0.1, 0.15) is 12.4 Å². The van der Waals surface area contributed by atoms with Gasteiger partial charge in [-0.05, 0) is 38.0 Å². The molecular weight excluding hydrogens is 483 g/mol. The minimum absolute atomic E-state index is 0.0294. The molecule has 0 saturated carbocycles. The average Bonchev–Trinajstić information content (AvgIpc) is 3.53. The molecule has 2 bridgehead atoms. The van der Waals surface area contributed by atoms with Crippen LogP contribution in [0.5, 0.6) is 0 Å². The van der Waals surface area contributed by atoms with E-state index in [0.717, 1.165) is 0 Å². The largest absolute Gasteiger partial charge is 0.435 e. The molecular formula is C25H27F5N4O2. The van der Waals surface area contributed by atoms with E-state index in [-0.39, 0.29) is 28.9 Å². The van der Waals surface area contributed by atoms with E-state index in [1.54, 1.807) is 30.9 Å². The van der Waals surface area contributed by atoms with Gasteiger partial charge in [0.15, 0.2) is 5.69 Å². The number of aromatic nitrogens is 2. The molecule has 6 nitrogen and oxygen atoms in total. The van der Waals surface area contributed by atoms with Gasteiger partial charge in [-0.3, -0.25) is 0 Å². The Morgan fingerprint density at radius 3 is 2.67 bits per heavy atom. The lowest BCUT2D eigenvalue weighted by Crippen LogP contribution is -2.38. The fourth-order valence-electron chi connectivity index (χ4n) is 5.13. The monoisotopic (exact) mass is 510 g/mol. The van der Waals surface area contributed by atoms with E-state index in [1.807, 2.05) is 0 Å². The summed E-state index contributed by atoms with van der Waals surface area (Å²) in [5.41, 5.74) is 0.218. The van der Waals surface area contributed by atoms with Crippen molar-refractivity contribution in [2.45, 2.75) is 50.6 Å². The van der Waals surface area contributed by atoms with Gasteiger partial charge in [-0.15, -0.1) is 0 Å². The summed E-state index contributed by atoms with van der Waals surface area (Å²) >= 11 is 0. The van der Waals surface area contributed by atoms with Crippen molar-refractivity contribution in [2.24, 2.45) is 0 Å². The maximum atomic E-state index is 14.4. The Morgan fingerprint density at radius 1 is 1.25 bits per heavy atom. The molecule has 3 aromatic rings. The summed E-state index contributed by atoms with van der Waals surface area (Å²) in [5, 5.41) is 3.75. The highest BCUT2D eigenvalue weighted by Gasteiger charge is 2.44. The number of anilines is 2. The van der Waals surface area contributed by atoms with Crippen LogP contribution in [0.25, 0.3) is 10.9 Å². The minimum atomic E-state index is -4.62. The quantitative estimate of drug-likeness (QED) is 0.395. The first-order valence-electron chi connectivity index (χ1n) is 11.7. The Bertz CT molecular complexity index is 1280. The summed E-state index contributed by atoms with van der Waals surface area (Å²) in [6.07, 6.45) is -4.01. The van der Waals surface area contributed by atoms with Gasteiger partial charge in [0.05, 0.1) is 30.0 Å². The number of pyridine rings is 1. The van der Waals surface area contributed by atoms with Crippen LogP contribution in [0, 0.1) is 6.92 Å². The van der Waals surface area contributed by atoms with E-state index < -0.39 is 30.4 Å². The van der Waals surface area contributed by atoms with Gasteiger partial charge in [-0.1, -0.05) is 18.2 Å². The second kappa shape index (κ2) is 8.88. The molecule has 194 valence electrons. The molecule has 2 unspecified atom stereocenters. The molecule has 2 N–H and O–H groups in total. The second-order valence-electron chi connectivity index (χ2n) is 9.50. The SMILES string of the molecule is COCC(F)(F)c1cccc([C@@H](C)Nc2[nH]c(C)c3nc(C(F)(F)F)c(N4CC5CC4CO5)cc23)c1. The maximum absolute atomic E-state index is 14.4. The normalized spacial score (nSPS) is 20.9. The molecule has 4 heterocycles. The number of benzene rings is 1. The summed E-state index contributed by atoms with van der Waals surface area (Å²) in [5.74, 6) is -2.67. The summed E-state index contributed by atoms with van der Waals surface area (Å²) in [7, 11) is 1.22. The molecule has 1 aromatic carbocycles. The fraction of sp³-hybridized carbons (Fsp3) is 0.480. The lowest BCUT2D eigenvalue weighted by Gasteiger charge is -2.30. The van der Waals surface area contributed by atoms with Crippen LogP contribution in [0.15, 0.2) is 30.3 Å². The molecule has 2 saturated heterocycles. The molecule has 0 amide bonds. The number of halogens is 5. The van der Waals surface area contributed by atoms with Crippen molar-refractivity contribution >= 4 is 22.4 Å². The molecule has 11 heteroatoms. The molecule has 2 aliphatic heterocycles. The number of methoxy groups -OCH3 is 1. The van der Waals surface area contributed by atoms with Gasteiger partial charge in [0, 0.05) is 36.3 Å². The zero-order chi connectivity index (χ0) is 25.8. The molecule has 2 aliphatic rings. The predicted molar refractivity (Wildman–Crippen MR) is 126 cm³/mol. The van der Waals surface area contributed by atoms with Gasteiger partial charge in [0.25, 0.3) is 5.92 Å². The van der Waals surface area contributed by atoms with Crippen LogP contribution in [0.4, 0.5) is 33.5 Å². The number of fused-ring (bicyclic) bond motifs is 3. The third-order valence-electron chi connectivity index (χ3n) is 6.91. The summed E-state index contributed by atoms with van der Waals surface area (Å²) < 4.78 is 81.0. The second-order valence-corrected chi connectivity index (χ2v) is 9.50. The molecule has 0 spiro atoms. The number of rotatable bonds is 7. The Labute approximate surface area is 204 Å². The van der Waals surface area contributed by atoms with Crippen molar-refractivity contribution in [2.75, 3.05) is 37.1 Å². The number of alkyl halides is 5. The van der Waals surface area contributed by atoms with Crippen LogP contribution in [0.1, 0.15) is 41.9 Å². The zero-order valence-corrected chi connectivity index (χ0v) is 20.0. The topological polar surface area (TPSA) is 62.4 Å². The highest BCUT2D eigenvalue weighted by Crippen LogP contribution is 2.43. The average molecular weight is 511 g/mol. The molecule has 0 aliphatic carbocycles. The number of morpholine rings is 1. The number of nitrogens with one attached hydrogen (secondary N) is 2. The van der Waals surface area contributed by atoms with E-state index in [1.165, 1.54) is 25.3 Å². The molecule has 2 fully saturated rings. The summed E-state index contributed by atoms with van der Waals surface area (Å²) in [6.45, 7) is 3.48. The zero-order valence-electron chi connectivity index (χ0n) is 20.0. The third kappa shape index (κ3) is 4.39. The first kappa shape index (κ1) is 24.8. The van der Waals surface area contributed by atoms with Gasteiger partial charge in [-0.25, -0.2) is 4.98 Å². The Morgan fingerprint density at radius 2 is 2.03 bits per heavy atom.